The summed E-state index contributed by atoms with van der Waals surface area (Å²) in [4.78, 5) is 0.525. The van der Waals surface area contributed by atoms with Crippen molar-refractivity contribution in [2.75, 3.05) is 12.8 Å². The maximum atomic E-state index is 12.2. The molecule has 1 N–H and O–H groups in total. The summed E-state index contributed by atoms with van der Waals surface area (Å²) in [6.07, 6.45) is 1.60. The second-order valence-corrected chi connectivity index (χ2v) is 6.85. The van der Waals surface area contributed by atoms with E-state index < -0.39 is 9.84 Å². The number of fused-ring (bicyclic) bond motifs is 1. The first-order chi connectivity index (χ1) is 7.95. The van der Waals surface area contributed by atoms with Gasteiger partial charge in [-0.25, -0.2) is 8.42 Å². The molecule has 4 heteroatoms. The molecule has 0 fully saturated rings. The second kappa shape index (κ2) is 4.42. The van der Waals surface area contributed by atoms with Gasteiger partial charge in [0, 0.05) is 6.04 Å². The van der Waals surface area contributed by atoms with Crippen molar-refractivity contribution in [3.05, 3.63) is 28.8 Å². The molecule has 0 saturated carbocycles. The van der Waals surface area contributed by atoms with E-state index in [0.717, 1.165) is 29.5 Å². The summed E-state index contributed by atoms with van der Waals surface area (Å²) in [5, 5.41) is 3.22. The van der Waals surface area contributed by atoms with Crippen LogP contribution >= 0.6 is 0 Å². The summed E-state index contributed by atoms with van der Waals surface area (Å²) in [5.41, 5.74) is 3.14. The van der Waals surface area contributed by atoms with E-state index in [0.29, 0.717) is 4.90 Å². The zero-order valence-electron chi connectivity index (χ0n) is 10.6. The van der Waals surface area contributed by atoms with Crippen LogP contribution in [0.5, 0.6) is 0 Å². The first-order valence-electron chi connectivity index (χ1n) is 5.97. The Morgan fingerprint density at radius 1 is 1.24 bits per heavy atom. The Morgan fingerprint density at radius 2 is 1.88 bits per heavy atom. The van der Waals surface area contributed by atoms with Crippen LogP contribution < -0.4 is 5.32 Å². The maximum absolute atomic E-state index is 12.2. The summed E-state index contributed by atoms with van der Waals surface area (Å²) in [6.45, 7) is 3.99. The minimum absolute atomic E-state index is 0.154. The Morgan fingerprint density at radius 3 is 2.53 bits per heavy atom. The molecule has 0 aliphatic carbocycles. The van der Waals surface area contributed by atoms with Crippen molar-refractivity contribution in [2.24, 2.45) is 0 Å². The predicted molar refractivity (Wildman–Crippen MR) is 69.0 cm³/mol. The van der Waals surface area contributed by atoms with Crippen LogP contribution in [0.4, 0.5) is 0 Å². The Kier molecular flexibility index (Phi) is 3.27. The predicted octanol–water partition coefficient (Wildman–Crippen LogP) is 2.13. The standard InChI is InChI=1S/C13H19NO2S/c1-9-7-11-12(14-3)5-4-6-17(15,16)13(11)8-10(9)2/h7-8,12,14H,4-6H2,1-3H3. The van der Waals surface area contributed by atoms with Gasteiger partial charge in [-0.1, -0.05) is 6.07 Å². The lowest BCUT2D eigenvalue weighted by atomic mass is 9.98. The van der Waals surface area contributed by atoms with E-state index in [9.17, 15) is 8.42 Å². The van der Waals surface area contributed by atoms with Crippen LogP contribution in [-0.2, 0) is 9.84 Å². The van der Waals surface area contributed by atoms with Crippen LogP contribution in [0.25, 0.3) is 0 Å². The van der Waals surface area contributed by atoms with Crippen molar-refractivity contribution < 1.29 is 8.42 Å². The average Bonchev–Trinajstić information content (AvgIpc) is 2.38. The van der Waals surface area contributed by atoms with Crippen molar-refractivity contribution in [1.82, 2.24) is 5.32 Å². The molecule has 94 valence electrons. The number of nitrogens with one attached hydrogen (secondary N) is 1. The number of rotatable bonds is 1. The van der Waals surface area contributed by atoms with Gasteiger partial charge in [0.1, 0.15) is 0 Å². The molecular formula is C13H19NO2S. The highest BCUT2D eigenvalue weighted by Crippen LogP contribution is 2.32. The van der Waals surface area contributed by atoms with Crippen LogP contribution in [0.3, 0.4) is 0 Å². The molecule has 0 spiro atoms. The Balaban J connectivity index is 2.70. The van der Waals surface area contributed by atoms with Gasteiger partial charge >= 0.3 is 0 Å². The highest BCUT2D eigenvalue weighted by atomic mass is 32.2. The molecule has 1 aromatic rings. The van der Waals surface area contributed by atoms with E-state index in [2.05, 4.69) is 5.32 Å². The Bertz CT molecular complexity index is 535. The molecule has 0 saturated heterocycles. The van der Waals surface area contributed by atoms with Gasteiger partial charge in [-0.15, -0.1) is 0 Å². The summed E-state index contributed by atoms with van der Waals surface area (Å²) in [7, 11) is -1.21. The summed E-state index contributed by atoms with van der Waals surface area (Å²) >= 11 is 0. The number of benzene rings is 1. The minimum Gasteiger partial charge on any atom is -0.313 e. The van der Waals surface area contributed by atoms with E-state index in [4.69, 9.17) is 0 Å². The van der Waals surface area contributed by atoms with Crippen LogP contribution in [0.15, 0.2) is 17.0 Å². The van der Waals surface area contributed by atoms with Gasteiger partial charge in [-0.05, 0) is 56.5 Å². The van der Waals surface area contributed by atoms with Gasteiger partial charge in [0.15, 0.2) is 9.84 Å². The van der Waals surface area contributed by atoms with Gasteiger partial charge < -0.3 is 5.32 Å². The molecule has 1 heterocycles. The lowest BCUT2D eigenvalue weighted by Crippen LogP contribution is -2.17. The molecular weight excluding hydrogens is 234 g/mol. The lowest BCUT2D eigenvalue weighted by molar-refractivity contribution is 0.540. The summed E-state index contributed by atoms with van der Waals surface area (Å²) < 4.78 is 24.4. The van der Waals surface area contributed by atoms with Crippen molar-refractivity contribution in [3.8, 4) is 0 Å². The molecule has 0 aromatic heterocycles. The highest BCUT2D eigenvalue weighted by molar-refractivity contribution is 7.91. The van der Waals surface area contributed by atoms with E-state index in [-0.39, 0.29) is 11.8 Å². The molecule has 17 heavy (non-hydrogen) atoms. The largest absolute Gasteiger partial charge is 0.313 e. The fourth-order valence-corrected chi connectivity index (χ4v) is 4.08. The lowest BCUT2D eigenvalue weighted by Gasteiger charge is -2.17. The SMILES string of the molecule is CNC1CCCS(=O)(=O)c2cc(C)c(C)cc21. The van der Waals surface area contributed by atoms with Crippen molar-refractivity contribution >= 4 is 9.84 Å². The fraction of sp³-hybridized carbons (Fsp3) is 0.538. The van der Waals surface area contributed by atoms with E-state index >= 15 is 0 Å². The number of sulfone groups is 1. The number of hydrogen-bond donors (Lipinski definition) is 1. The third kappa shape index (κ3) is 2.24. The van der Waals surface area contributed by atoms with E-state index in [1.807, 2.05) is 33.0 Å². The molecule has 1 aliphatic rings. The molecule has 1 aromatic carbocycles. The molecule has 1 atom stereocenters. The molecule has 2 rings (SSSR count). The normalized spacial score (nSPS) is 22.9. The monoisotopic (exact) mass is 253 g/mol. The average molecular weight is 253 g/mol. The molecule has 1 aliphatic heterocycles. The van der Waals surface area contributed by atoms with Gasteiger partial charge in [-0.3, -0.25) is 0 Å². The maximum Gasteiger partial charge on any atom is 0.178 e. The van der Waals surface area contributed by atoms with Crippen LogP contribution in [0.1, 0.15) is 35.6 Å². The number of hydrogen-bond acceptors (Lipinski definition) is 3. The quantitative estimate of drug-likeness (QED) is 0.834. The van der Waals surface area contributed by atoms with Crippen molar-refractivity contribution in [1.29, 1.82) is 0 Å². The fourth-order valence-electron chi connectivity index (χ4n) is 2.40. The zero-order chi connectivity index (χ0) is 12.6. The van der Waals surface area contributed by atoms with Crippen LogP contribution in [0.2, 0.25) is 0 Å². The van der Waals surface area contributed by atoms with Gasteiger partial charge in [0.25, 0.3) is 0 Å². The molecule has 0 bridgehead atoms. The second-order valence-electron chi connectivity index (χ2n) is 4.78. The smallest absolute Gasteiger partial charge is 0.178 e. The van der Waals surface area contributed by atoms with Crippen LogP contribution in [0, 0.1) is 13.8 Å². The highest BCUT2D eigenvalue weighted by Gasteiger charge is 2.27. The Labute approximate surface area is 103 Å². The molecule has 1 unspecified atom stereocenters. The first kappa shape index (κ1) is 12.6. The third-order valence-electron chi connectivity index (χ3n) is 3.59. The minimum atomic E-state index is -3.10. The summed E-state index contributed by atoms with van der Waals surface area (Å²) in [6, 6.07) is 4.01. The zero-order valence-corrected chi connectivity index (χ0v) is 11.4. The summed E-state index contributed by atoms with van der Waals surface area (Å²) in [5.74, 6) is 0.265. The topological polar surface area (TPSA) is 46.2 Å². The molecule has 3 nitrogen and oxygen atoms in total. The van der Waals surface area contributed by atoms with Gasteiger partial charge in [0.2, 0.25) is 0 Å². The van der Waals surface area contributed by atoms with Crippen molar-refractivity contribution in [3.63, 3.8) is 0 Å². The first-order valence-corrected chi connectivity index (χ1v) is 7.62. The van der Waals surface area contributed by atoms with Gasteiger partial charge in [0.05, 0.1) is 10.6 Å². The Hall–Kier alpha value is -0.870. The van der Waals surface area contributed by atoms with Crippen LogP contribution in [-0.4, -0.2) is 21.2 Å². The third-order valence-corrected chi connectivity index (χ3v) is 5.44. The number of aryl methyl sites for hydroxylation is 2. The van der Waals surface area contributed by atoms with E-state index in [1.54, 1.807) is 0 Å². The molecule has 0 radical (unpaired) electrons. The molecule has 0 amide bonds. The van der Waals surface area contributed by atoms with E-state index in [1.165, 1.54) is 0 Å². The van der Waals surface area contributed by atoms with Gasteiger partial charge in [-0.2, -0.15) is 0 Å². The van der Waals surface area contributed by atoms with Crippen molar-refractivity contribution in [2.45, 2.75) is 37.6 Å².